The maximum absolute atomic E-state index is 10.9. The summed E-state index contributed by atoms with van der Waals surface area (Å²) >= 11 is 1.30. The molecule has 1 heterocycles. The Bertz CT molecular complexity index is 108. The fourth-order valence-corrected chi connectivity index (χ4v) is 1.41. The van der Waals surface area contributed by atoms with Crippen LogP contribution in [0.15, 0.2) is 0 Å². The molecule has 1 saturated heterocycles. The predicted octanol–water partition coefficient (Wildman–Crippen LogP) is 0.912. The van der Waals surface area contributed by atoms with Crippen LogP contribution in [0.1, 0.15) is 6.42 Å². The molecule has 0 bridgehead atoms. The van der Waals surface area contributed by atoms with E-state index in [-0.39, 0.29) is 11.0 Å². The van der Waals surface area contributed by atoms with E-state index in [2.05, 4.69) is 0 Å². The van der Waals surface area contributed by atoms with Gasteiger partial charge in [-0.3, -0.25) is 4.79 Å². The Kier molecular flexibility index (Phi) is 2.54. The van der Waals surface area contributed by atoms with Gasteiger partial charge in [-0.2, -0.15) is 0 Å². The minimum absolute atomic E-state index is 0.181. The Morgan fingerprint density at radius 1 is 1.78 bits per heavy atom. The number of ether oxygens (including phenoxy) is 1. The first-order chi connectivity index (χ1) is 4.34. The van der Waals surface area contributed by atoms with Crippen molar-refractivity contribution >= 4 is 16.9 Å². The normalized spacial score (nSPS) is 26.6. The van der Waals surface area contributed by atoms with Gasteiger partial charge in [-0.05, 0) is 12.7 Å². The van der Waals surface area contributed by atoms with E-state index in [9.17, 15) is 4.79 Å². The average molecular weight is 146 g/mol. The Morgan fingerprint density at radius 2 is 2.56 bits per heavy atom. The molecule has 0 amide bonds. The zero-order valence-corrected chi connectivity index (χ0v) is 6.24. The summed E-state index contributed by atoms with van der Waals surface area (Å²) in [7, 11) is 0. The van der Waals surface area contributed by atoms with Crippen LogP contribution in [0.4, 0.5) is 0 Å². The highest BCUT2D eigenvalue weighted by Crippen LogP contribution is 2.17. The summed E-state index contributed by atoms with van der Waals surface area (Å²) in [4.78, 5) is 10.9. The highest BCUT2D eigenvalue weighted by molar-refractivity contribution is 8.13. The molecule has 1 unspecified atom stereocenters. The van der Waals surface area contributed by atoms with Crippen LogP contribution in [0.2, 0.25) is 0 Å². The maximum atomic E-state index is 10.9. The van der Waals surface area contributed by atoms with E-state index in [0.717, 1.165) is 13.0 Å². The summed E-state index contributed by atoms with van der Waals surface area (Å²) in [5.41, 5.74) is 0. The predicted molar refractivity (Wildman–Crippen MR) is 37.4 cm³/mol. The van der Waals surface area contributed by atoms with E-state index in [0.29, 0.717) is 6.61 Å². The van der Waals surface area contributed by atoms with Gasteiger partial charge in [0, 0.05) is 6.61 Å². The van der Waals surface area contributed by atoms with Gasteiger partial charge in [0.15, 0.2) is 5.12 Å². The first-order valence-electron chi connectivity index (χ1n) is 3.00. The molecule has 0 saturated carbocycles. The van der Waals surface area contributed by atoms with Crippen LogP contribution in [-0.2, 0) is 9.53 Å². The molecule has 3 heteroatoms. The van der Waals surface area contributed by atoms with Crippen LogP contribution in [0.25, 0.3) is 0 Å². The lowest BCUT2D eigenvalue weighted by molar-refractivity contribution is -0.114. The van der Waals surface area contributed by atoms with E-state index in [1.807, 2.05) is 6.26 Å². The molecule has 0 aromatic heterocycles. The van der Waals surface area contributed by atoms with Crippen molar-refractivity contribution in [2.24, 2.45) is 5.92 Å². The summed E-state index contributed by atoms with van der Waals surface area (Å²) in [6.45, 7) is 1.40. The first kappa shape index (κ1) is 7.09. The van der Waals surface area contributed by atoms with Crippen LogP contribution in [-0.4, -0.2) is 24.6 Å². The summed E-state index contributed by atoms with van der Waals surface area (Å²) in [5, 5.41) is 0.271. The van der Waals surface area contributed by atoms with Crippen molar-refractivity contribution in [2.75, 3.05) is 19.5 Å². The molecule has 1 atom stereocenters. The second kappa shape index (κ2) is 3.22. The number of rotatable bonds is 1. The number of thioether (sulfide) groups is 1. The lowest BCUT2D eigenvalue weighted by atomic mass is 10.1. The van der Waals surface area contributed by atoms with Gasteiger partial charge in [0.05, 0.1) is 12.5 Å². The molecule has 0 N–H and O–H groups in total. The lowest BCUT2D eigenvalue weighted by Gasteiger charge is -2.00. The Balaban J connectivity index is 2.32. The monoisotopic (exact) mass is 146 g/mol. The van der Waals surface area contributed by atoms with Gasteiger partial charge >= 0.3 is 0 Å². The van der Waals surface area contributed by atoms with Crippen LogP contribution in [0.5, 0.6) is 0 Å². The minimum Gasteiger partial charge on any atom is -0.381 e. The average Bonchev–Trinajstić information content (AvgIpc) is 2.37. The number of hydrogen-bond acceptors (Lipinski definition) is 3. The van der Waals surface area contributed by atoms with Crippen LogP contribution >= 0.6 is 11.8 Å². The molecule has 1 aliphatic heterocycles. The number of carbonyl (C=O) groups excluding carboxylic acids is 1. The molecule has 52 valence electrons. The Morgan fingerprint density at radius 3 is 3.00 bits per heavy atom. The quantitative estimate of drug-likeness (QED) is 0.550. The Hall–Kier alpha value is -0.0200. The van der Waals surface area contributed by atoms with Gasteiger partial charge < -0.3 is 4.74 Å². The highest BCUT2D eigenvalue weighted by Gasteiger charge is 2.21. The van der Waals surface area contributed by atoms with Gasteiger partial charge in [0.25, 0.3) is 0 Å². The van der Waals surface area contributed by atoms with Gasteiger partial charge in [0.1, 0.15) is 0 Å². The van der Waals surface area contributed by atoms with Gasteiger partial charge in [-0.15, -0.1) is 0 Å². The third-order valence-electron chi connectivity index (χ3n) is 1.46. The van der Waals surface area contributed by atoms with Gasteiger partial charge in [-0.1, -0.05) is 11.8 Å². The molecule has 0 radical (unpaired) electrons. The molecule has 0 aliphatic carbocycles. The van der Waals surface area contributed by atoms with Crippen molar-refractivity contribution in [3.05, 3.63) is 0 Å². The number of hydrogen-bond donors (Lipinski definition) is 0. The van der Waals surface area contributed by atoms with E-state index in [1.54, 1.807) is 0 Å². The SMILES string of the molecule is CSC(=O)C1CCOC1. The molecule has 1 rings (SSSR count). The molecular weight excluding hydrogens is 136 g/mol. The first-order valence-corrected chi connectivity index (χ1v) is 4.22. The minimum atomic E-state index is 0.181. The zero-order chi connectivity index (χ0) is 6.69. The molecule has 0 aromatic rings. The number of carbonyl (C=O) groups is 1. The largest absolute Gasteiger partial charge is 0.381 e. The highest BCUT2D eigenvalue weighted by atomic mass is 32.2. The van der Waals surface area contributed by atoms with Crippen LogP contribution in [0.3, 0.4) is 0 Å². The van der Waals surface area contributed by atoms with Crippen molar-refractivity contribution in [1.29, 1.82) is 0 Å². The zero-order valence-electron chi connectivity index (χ0n) is 5.42. The third-order valence-corrected chi connectivity index (χ3v) is 2.20. The van der Waals surface area contributed by atoms with E-state index < -0.39 is 0 Å². The summed E-state index contributed by atoms with van der Waals surface area (Å²) < 4.78 is 5.05. The molecule has 0 aromatic carbocycles. The topological polar surface area (TPSA) is 26.3 Å². The molecule has 9 heavy (non-hydrogen) atoms. The molecule has 1 aliphatic rings. The van der Waals surface area contributed by atoms with E-state index in [1.165, 1.54) is 11.8 Å². The molecular formula is C6H10O2S. The van der Waals surface area contributed by atoms with Crippen molar-refractivity contribution in [3.63, 3.8) is 0 Å². The fraction of sp³-hybridized carbons (Fsp3) is 0.833. The van der Waals surface area contributed by atoms with E-state index in [4.69, 9.17) is 4.74 Å². The summed E-state index contributed by atoms with van der Waals surface area (Å²) in [6, 6.07) is 0. The summed E-state index contributed by atoms with van der Waals surface area (Å²) in [6.07, 6.45) is 2.74. The van der Waals surface area contributed by atoms with E-state index >= 15 is 0 Å². The smallest absolute Gasteiger partial charge is 0.194 e. The van der Waals surface area contributed by atoms with Crippen molar-refractivity contribution in [2.45, 2.75) is 6.42 Å². The second-order valence-electron chi connectivity index (χ2n) is 2.08. The van der Waals surface area contributed by atoms with Crippen molar-refractivity contribution in [1.82, 2.24) is 0 Å². The van der Waals surface area contributed by atoms with Gasteiger partial charge in [0.2, 0.25) is 0 Å². The lowest BCUT2D eigenvalue weighted by Crippen LogP contribution is -2.09. The van der Waals surface area contributed by atoms with Crippen LogP contribution < -0.4 is 0 Å². The summed E-state index contributed by atoms with van der Waals surface area (Å²) in [5.74, 6) is 0.181. The maximum Gasteiger partial charge on any atom is 0.194 e. The second-order valence-corrected chi connectivity index (χ2v) is 2.89. The van der Waals surface area contributed by atoms with Crippen LogP contribution in [0, 0.1) is 5.92 Å². The fourth-order valence-electron chi connectivity index (χ4n) is 0.887. The Labute approximate surface area is 59.0 Å². The molecule has 2 nitrogen and oxygen atoms in total. The van der Waals surface area contributed by atoms with Crippen molar-refractivity contribution < 1.29 is 9.53 Å². The molecule has 1 fully saturated rings. The third kappa shape index (κ3) is 1.69. The van der Waals surface area contributed by atoms with Crippen molar-refractivity contribution in [3.8, 4) is 0 Å². The standard InChI is InChI=1S/C6H10O2S/c1-9-6(7)5-2-3-8-4-5/h5H,2-4H2,1H3. The molecule has 0 spiro atoms. The van der Waals surface area contributed by atoms with Gasteiger partial charge in [-0.25, -0.2) is 0 Å².